The second-order valence-corrected chi connectivity index (χ2v) is 7.39. The number of benzene rings is 2. The zero-order valence-corrected chi connectivity index (χ0v) is 16.6. The van der Waals surface area contributed by atoms with Gasteiger partial charge in [-0.25, -0.2) is 4.39 Å². The first-order chi connectivity index (χ1) is 13.6. The van der Waals surface area contributed by atoms with Crippen LogP contribution in [-0.4, -0.2) is 57.2 Å². The number of para-hydroxylation sites is 1. The lowest BCUT2D eigenvalue weighted by atomic mass is 10.2. The van der Waals surface area contributed by atoms with Crippen molar-refractivity contribution in [2.24, 2.45) is 0 Å². The number of rotatable bonds is 4. The molecule has 1 aliphatic rings. The number of aromatic nitrogens is 4. The Morgan fingerprint density at radius 2 is 1.75 bits per heavy atom. The largest absolute Gasteiger partial charge is 0.366 e. The molecule has 0 atom stereocenters. The van der Waals surface area contributed by atoms with Crippen molar-refractivity contribution < 1.29 is 9.18 Å². The topological polar surface area (TPSA) is 67.2 Å². The molecule has 0 aliphatic carbocycles. The Kier molecular flexibility index (Phi) is 5.34. The second kappa shape index (κ2) is 8.05. The summed E-state index contributed by atoms with van der Waals surface area (Å²) in [5.41, 5.74) is 1.41. The molecule has 4 rings (SSSR count). The molecule has 144 valence electrons. The highest BCUT2D eigenvalue weighted by Gasteiger charge is 2.23. The molecular weight excluding hydrogens is 427 g/mol. The average molecular weight is 445 g/mol. The Morgan fingerprint density at radius 3 is 2.46 bits per heavy atom. The molecule has 0 radical (unpaired) electrons. The van der Waals surface area contributed by atoms with E-state index in [1.807, 2.05) is 35.2 Å². The van der Waals surface area contributed by atoms with E-state index in [1.165, 1.54) is 10.9 Å². The summed E-state index contributed by atoms with van der Waals surface area (Å²) < 4.78 is 14.9. The lowest BCUT2D eigenvalue weighted by molar-refractivity contribution is -0.132. The molecule has 2 heterocycles. The Morgan fingerprint density at radius 1 is 1.04 bits per heavy atom. The van der Waals surface area contributed by atoms with Gasteiger partial charge in [0.2, 0.25) is 11.7 Å². The zero-order valence-electron chi connectivity index (χ0n) is 15.0. The molecule has 2 aromatic carbocycles. The number of hydrogen-bond acceptors (Lipinski definition) is 5. The highest BCUT2D eigenvalue weighted by atomic mass is 79.9. The minimum atomic E-state index is -0.241. The number of carbonyl (C=O) groups is 1. The summed E-state index contributed by atoms with van der Waals surface area (Å²) in [5, 5.41) is 12.3. The van der Waals surface area contributed by atoms with Crippen LogP contribution in [0.1, 0.15) is 0 Å². The summed E-state index contributed by atoms with van der Waals surface area (Å²) in [4.78, 5) is 17.6. The Balaban J connectivity index is 1.35. The standard InChI is InChI=1S/C19H18BrFN6O/c20-15-7-5-14(6-8-15)19-22-24-27(23-19)13-18(28)26-11-9-25(10-12-26)17-4-2-1-3-16(17)21/h1-8H,9-13H2. The fourth-order valence-electron chi connectivity index (χ4n) is 3.15. The minimum absolute atomic E-state index is 0.0310. The van der Waals surface area contributed by atoms with Gasteiger partial charge in [-0.1, -0.05) is 28.1 Å². The minimum Gasteiger partial charge on any atom is -0.366 e. The third kappa shape index (κ3) is 4.04. The summed E-state index contributed by atoms with van der Waals surface area (Å²) in [7, 11) is 0. The van der Waals surface area contributed by atoms with Crippen molar-refractivity contribution in [3.05, 3.63) is 58.8 Å². The lowest BCUT2D eigenvalue weighted by Crippen LogP contribution is -2.50. The molecule has 1 saturated heterocycles. The number of hydrogen-bond donors (Lipinski definition) is 0. The van der Waals surface area contributed by atoms with Gasteiger partial charge in [0.15, 0.2) is 0 Å². The number of amides is 1. The van der Waals surface area contributed by atoms with E-state index in [0.717, 1.165) is 10.0 Å². The van der Waals surface area contributed by atoms with Crippen molar-refractivity contribution in [3.8, 4) is 11.4 Å². The van der Waals surface area contributed by atoms with Crippen molar-refractivity contribution in [2.45, 2.75) is 6.54 Å². The molecule has 3 aromatic rings. The van der Waals surface area contributed by atoms with Gasteiger partial charge in [-0.3, -0.25) is 4.79 Å². The molecular formula is C19H18BrFN6O. The van der Waals surface area contributed by atoms with Crippen LogP contribution < -0.4 is 4.90 Å². The Labute approximate surface area is 169 Å². The van der Waals surface area contributed by atoms with Crippen LogP contribution in [0.3, 0.4) is 0 Å². The number of piperazine rings is 1. The molecule has 0 bridgehead atoms. The molecule has 1 amide bonds. The van der Waals surface area contributed by atoms with E-state index in [9.17, 15) is 9.18 Å². The molecule has 0 unspecified atom stereocenters. The maximum absolute atomic E-state index is 13.9. The van der Waals surface area contributed by atoms with Crippen molar-refractivity contribution in [1.29, 1.82) is 0 Å². The van der Waals surface area contributed by atoms with Gasteiger partial charge in [-0.2, -0.15) is 4.80 Å². The van der Waals surface area contributed by atoms with Gasteiger partial charge < -0.3 is 9.80 Å². The third-order valence-corrected chi connectivity index (χ3v) is 5.19. The fraction of sp³-hybridized carbons (Fsp3) is 0.263. The van der Waals surface area contributed by atoms with Crippen LogP contribution in [0.15, 0.2) is 53.0 Å². The number of halogens is 2. The van der Waals surface area contributed by atoms with Gasteiger partial charge in [-0.15, -0.1) is 10.2 Å². The number of carbonyl (C=O) groups excluding carboxylic acids is 1. The molecule has 28 heavy (non-hydrogen) atoms. The SMILES string of the molecule is O=C(Cn1nnc(-c2ccc(Br)cc2)n1)N1CCN(c2ccccc2F)CC1. The summed E-state index contributed by atoms with van der Waals surface area (Å²) in [6.45, 7) is 2.26. The first-order valence-electron chi connectivity index (χ1n) is 8.91. The second-order valence-electron chi connectivity index (χ2n) is 6.47. The first-order valence-corrected chi connectivity index (χ1v) is 9.70. The van der Waals surface area contributed by atoms with E-state index >= 15 is 0 Å². The van der Waals surface area contributed by atoms with Crippen molar-refractivity contribution in [2.75, 3.05) is 31.1 Å². The van der Waals surface area contributed by atoms with Crippen molar-refractivity contribution >= 4 is 27.5 Å². The maximum Gasteiger partial charge on any atom is 0.246 e. The van der Waals surface area contributed by atoms with Gasteiger partial charge >= 0.3 is 0 Å². The quantitative estimate of drug-likeness (QED) is 0.618. The Bertz CT molecular complexity index is 969. The van der Waals surface area contributed by atoms with Gasteiger partial charge in [0, 0.05) is 36.2 Å². The van der Waals surface area contributed by atoms with Crippen LogP contribution in [0.5, 0.6) is 0 Å². The number of nitrogens with zero attached hydrogens (tertiary/aromatic N) is 6. The lowest BCUT2D eigenvalue weighted by Gasteiger charge is -2.36. The van der Waals surface area contributed by atoms with Crippen LogP contribution in [-0.2, 0) is 11.3 Å². The predicted molar refractivity (Wildman–Crippen MR) is 106 cm³/mol. The van der Waals surface area contributed by atoms with Crippen LogP contribution in [0.4, 0.5) is 10.1 Å². The third-order valence-electron chi connectivity index (χ3n) is 4.66. The molecule has 1 aliphatic heterocycles. The predicted octanol–water partition coefficient (Wildman–Crippen LogP) is 2.59. The molecule has 9 heteroatoms. The van der Waals surface area contributed by atoms with Crippen molar-refractivity contribution in [1.82, 2.24) is 25.1 Å². The monoisotopic (exact) mass is 444 g/mol. The average Bonchev–Trinajstić information content (AvgIpc) is 3.17. The summed E-state index contributed by atoms with van der Waals surface area (Å²) in [6.07, 6.45) is 0. The molecule has 0 N–H and O–H groups in total. The maximum atomic E-state index is 13.9. The van der Waals surface area contributed by atoms with Crippen molar-refractivity contribution in [3.63, 3.8) is 0 Å². The van der Waals surface area contributed by atoms with Crippen LogP contribution in [0.2, 0.25) is 0 Å². The van der Waals surface area contributed by atoms with E-state index in [-0.39, 0.29) is 18.3 Å². The number of anilines is 1. The van der Waals surface area contributed by atoms with E-state index < -0.39 is 0 Å². The summed E-state index contributed by atoms with van der Waals surface area (Å²) >= 11 is 3.39. The normalized spacial score (nSPS) is 14.4. The zero-order chi connectivity index (χ0) is 19.5. The Hall–Kier alpha value is -2.81. The highest BCUT2D eigenvalue weighted by molar-refractivity contribution is 9.10. The van der Waals surface area contributed by atoms with Gasteiger partial charge in [-0.05, 0) is 41.6 Å². The first kappa shape index (κ1) is 18.5. The van der Waals surface area contributed by atoms with E-state index in [4.69, 9.17) is 0 Å². The molecule has 0 saturated carbocycles. The van der Waals surface area contributed by atoms with E-state index in [1.54, 1.807) is 17.0 Å². The summed E-state index contributed by atoms with van der Waals surface area (Å²) in [6, 6.07) is 14.3. The molecule has 0 spiro atoms. The molecule has 1 aromatic heterocycles. The van der Waals surface area contributed by atoms with Crippen LogP contribution >= 0.6 is 15.9 Å². The van der Waals surface area contributed by atoms with E-state index in [0.29, 0.717) is 37.7 Å². The van der Waals surface area contributed by atoms with Crippen LogP contribution in [0.25, 0.3) is 11.4 Å². The highest BCUT2D eigenvalue weighted by Crippen LogP contribution is 2.20. The smallest absolute Gasteiger partial charge is 0.246 e. The van der Waals surface area contributed by atoms with Gasteiger partial charge in [0.25, 0.3) is 0 Å². The molecule has 7 nitrogen and oxygen atoms in total. The molecule has 1 fully saturated rings. The van der Waals surface area contributed by atoms with Gasteiger partial charge in [0.1, 0.15) is 12.4 Å². The van der Waals surface area contributed by atoms with Gasteiger partial charge in [0.05, 0.1) is 5.69 Å². The van der Waals surface area contributed by atoms with E-state index in [2.05, 4.69) is 31.3 Å². The summed E-state index contributed by atoms with van der Waals surface area (Å²) in [5.74, 6) is 0.159. The number of tetrazole rings is 1. The fourth-order valence-corrected chi connectivity index (χ4v) is 3.41. The van der Waals surface area contributed by atoms with Crippen LogP contribution in [0, 0.1) is 5.82 Å².